The molecule has 1 saturated heterocycles. The maximum atomic E-state index is 12.7. The number of carbonyl (C=O) groups excluding carboxylic acids is 1. The predicted molar refractivity (Wildman–Crippen MR) is 103 cm³/mol. The molecule has 1 unspecified atom stereocenters. The van der Waals surface area contributed by atoms with Crippen molar-refractivity contribution in [2.24, 2.45) is 7.05 Å². The number of benzene rings is 1. The molecule has 7 heteroatoms. The summed E-state index contributed by atoms with van der Waals surface area (Å²) in [5.74, 6) is 0. The van der Waals surface area contributed by atoms with Crippen molar-refractivity contribution in [3.8, 4) is 0 Å². The standard InChI is InChI=1S/C20H23N5O2/c1-24-19-10-17(7-6-16(19)12-22-24)23-20(26)25-9-3-5-18(13-25)27-14-15-4-2-8-21-11-15/h2,4,6-8,10-12,18H,3,5,9,13-14H2,1H3,(H,23,26). The highest BCUT2D eigenvalue weighted by Crippen LogP contribution is 2.20. The summed E-state index contributed by atoms with van der Waals surface area (Å²) in [6, 6.07) is 9.62. The van der Waals surface area contributed by atoms with Gasteiger partial charge in [-0.05, 0) is 42.7 Å². The number of nitrogens with zero attached hydrogens (tertiary/aromatic N) is 4. The van der Waals surface area contributed by atoms with Crippen LogP contribution < -0.4 is 5.32 Å². The summed E-state index contributed by atoms with van der Waals surface area (Å²) in [5.41, 5.74) is 2.81. The van der Waals surface area contributed by atoms with Crippen LogP contribution in [0.2, 0.25) is 0 Å². The van der Waals surface area contributed by atoms with Crippen LogP contribution in [0.25, 0.3) is 10.9 Å². The minimum absolute atomic E-state index is 0.0456. The number of hydrogen-bond donors (Lipinski definition) is 1. The van der Waals surface area contributed by atoms with Crippen LogP contribution in [-0.2, 0) is 18.4 Å². The Morgan fingerprint density at radius 3 is 3.11 bits per heavy atom. The number of rotatable bonds is 4. The number of hydrogen-bond acceptors (Lipinski definition) is 4. The fourth-order valence-electron chi connectivity index (χ4n) is 3.38. The van der Waals surface area contributed by atoms with Crippen LogP contribution in [0.3, 0.4) is 0 Å². The number of fused-ring (bicyclic) bond motifs is 1. The van der Waals surface area contributed by atoms with E-state index in [4.69, 9.17) is 4.74 Å². The molecule has 0 aliphatic carbocycles. The van der Waals surface area contributed by atoms with Gasteiger partial charge in [0.1, 0.15) is 0 Å². The molecule has 1 atom stereocenters. The lowest BCUT2D eigenvalue weighted by Crippen LogP contribution is -2.45. The van der Waals surface area contributed by atoms with Gasteiger partial charge in [-0.15, -0.1) is 0 Å². The first-order chi connectivity index (χ1) is 13.2. The number of carbonyl (C=O) groups is 1. The highest BCUT2D eigenvalue weighted by atomic mass is 16.5. The molecular weight excluding hydrogens is 342 g/mol. The lowest BCUT2D eigenvalue weighted by Gasteiger charge is -2.32. The Bertz CT molecular complexity index is 925. The van der Waals surface area contributed by atoms with Crippen molar-refractivity contribution >= 4 is 22.6 Å². The van der Waals surface area contributed by atoms with Crippen LogP contribution in [0.15, 0.2) is 48.9 Å². The molecular formula is C20H23N5O2. The Labute approximate surface area is 157 Å². The molecule has 7 nitrogen and oxygen atoms in total. The molecule has 27 heavy (non-hydrogen) atoms. The van der Waals surface area contributed by atoms with E-state index in [1.54, 1.807) is 10.9 Å². The molecule has 0 spiro atoms. The van der Waals surface area contributed by atoms with E-state index in [0.717, 1.165) is 41.5 Å². The predicted octanol–water partition coefficient (Wildman–Crippen LogP) is 3.18. The summed E-state index contributed by atoms with van der Waals surface area (Å²) in [6.45, 7) is 1.86. The van der Waals surface area contributed by atoms with Crippen LogP contribution >= 0.6 is 0 Å². The van der Waals surface area contributed by atoms with Crippen LogP contribution in [0.5, 0.6) is 0 Å². The first kappa shape index (κ1) is 17.5. The molecule has 1 aliphatic heterocycles. The van der Waals surface area contributed by atoms with Gasteiger partial charge in [-0.2, -0.15) is 5.10 Å². The zero-order valence-corrected chi connectivity index (χ0v) is 15.3. The zero-order valence-electron chi connectivity index (χ0n) is 15.3. The molecule has 1 aliphatic rings. The topological polar surface area (TPSA) is 72.3 Å². The minimum atomic E-state index is -0.0915. The monoisotopic (exact) mass is 365 g/mol. The summed E-state index contributed by atoms with van der Waals surface area (Å²) in [7, 11) is 1.89. The van der Waals surface area contributed by atoms with Crippen LogP contribution in [0, 0.1) is 0 Å². The molecule has 2 aromatic heterocycles. The average Bonchev–Trinajstić information content (AvgIpc) is 3.08. The first-order valence-electron chi connectivity index (χ1n) is 9.17. The smallest absolute Gasteiger partial charge is 0.321 e. The first-order valence-corrected chi connectivity index (χ1v) is 9.17. The average molecular weight is 365 g/mol. The lowest BCUT2D eigenvalue weighted by atomic mass is 10.1. The number of aryl methyl sites for hydroxylation is 1. The van der Waals surface area contributed by atoms with E-state index >= 15 is 0 Å². The van der Waals surface area contributed by atoms with Gasteiger partial charge in [-0.25, -0.2) is 4.79 Å². The van der Waals surface area contributed by atoms with Gasteiger partial charge in [-0.3, -0.25) is 9.67 Å². The number of amides is 2. The summed E-state index contributed by atoms with van der Waals surface area (Å²) in [5, 5.41) is 8.28. The molecule has 3 aromatic rings. The zero-order chi connectivity index (χ0) is 18.6. The van der Waals surface area contributed by atoms with Gasteiger partial charge < -0.3 is 15.0 Å². The highest BCUT2D eigenvalue weighted by Gasteiger charge is 2.24. The van der Waals surface area contributed by atoms with Crippen LogP contribution in [-0.4, -0.2) is 44.9 Å². The van der Waals surface area contributed by atoms with Crippen molar-refractivity contribution in [1.82, 2.24) is 19.7 Å². The van der Waals surface area contributed by atoms with E-state index in [1.807, 2.05) is 54.7 Å². The lowest BCUT2D eigenvalue weighted by molar-refractivity contribution is 0.000916. The summed E-state index contributed by atoms with van der Waals surface area (Å²) in [6.07, 6.45) is 7.32. The normalized spacial score (nSPS) is 17.2. The van der Waals surface area contributed by atoms with Crippen molar-refractivity contribution < 1.29 is 9.53 Å². The number of ether oxygens (including phenoxy) is 1. The third kappa shape index (κ3) is 4.09. The van der Waals surface area contributed by atoms with Gasteiger partial charge in [0.2, 0.25) is 0 Å². The third-order valence-corrected chi connectivity index (χ3v) is 4.87. The van der Waals surface area contributed by atoms with E-state index in [0.29, 0.717) is 13.2 Å². The van der Waals surface area contributed by atoms with E-state index in [9.17, 15) is 4.79 Å². The van der Waals surface area contributed by atoms with Crippen molar-refractivity contribution in [2.45, 2.75) is 25.6 Å². The quantitative estimate of drug-likeness (QED) is 0.771. The Morgan fingerprint density at radius 1 is 1.33 bits per heavy atom. The van der Waals surface area contributed by atoms with E-state index in [1.165, 1.54) is 0 Å². The molecule has 0 bridgehead atoms. The number of aromatic nitrogens is 3. The molecule has 0 radical (unpaired) electrons. The van der Waals surface area contributed by atoms with E-state index < -0.39 is 0 Å². The van der Waals surface area contributed by atoms with Crippen molar-refractivity contribution in [3.05, 3.63) is 54.5 Å². The van der Waals surface area contributed by atoms with Gasteiger partial charge in [0.05, 0.1) is 24.4 Å². The number of urea groups is 1. The van der Waals surface area contributed by atoms with Gasteiger partial charge in [0.15, 0.2) is 0 Å². The fraction of sp³-hybridized carbons (Fsp3) is 0.350. The molecule has 0 saturated carbocycles. The Morgan fingerprint density at radius 2 is 2.26 bits per heavy atom. The third-order valence-electron chi connectivity index (χ3n) is 4.87. The molecule has 4 rings (SSSR count). The summed E-state index contributed by atoms with van der Waals surface area (Å²) < 4.78 is 7.79. The number of piperidine rings is 1. The van der Waals surface area contributed by atoms with Gasteiger partial charge in [0.25, 0.3) is 0 Å². The van der Waals surface area contributed by atoms with Gasteiger partial charge in [0, 0.05) is 43.6 Å². The second kappa shape index (κ2) is 7.75. The Balaban J connectivity index is 1.35. The molecule has 2 amide bonds. The molecule has 1 aromatic carbocycles. The maximum Gasteiger partial charge on any atom is 0.321 e. The molecule has 1 fully saturated rings. The summed E-state index contributed by atoms with van der Waals surface area (Å²) in [4.78, 5) is 18.6. The second-order valence-corrected chi connectivity index (χ2v) is 6.85. The molecule has 1 N–H and O–H groups in total. The van der Waals surface area contributed by atoms with E-state index in [2.05, 4.69) is 15.4 Å². The van der Waals surface area contributed by atoms with E-state index in [-0.39, 0.29) is 12.1 Å². The molecule has 3 heterocycles. The Kier molecular flexibility index (Phi) is 5.02. The number of likely N-dealkylation sites (tertiary alicyclic amines) is 1. The van der Waals surface area contributed by atoms with Crippen molar-refractivity contribution in [3.63, 3.8) is 0 Å². The SMILES string of the molecule is Cn1ncc2ccc(NC(=O)N3CCCC(OCc4cccnc4)C3)cc21. The number of pyridine rings is 1. The van der Waals surface area contributed by atoms with Gasteiger partial charge >= 0.3 is 6.03 Å². The number of anilines is 1. The number of nitrogens with one attached hydrogen (secondary N) is 1. The van der Waals surface area contributed by atoms with Gasteiger partial charge in [-0.1, -0.05) is 6.07 Å². The fourth-order valence-corrected chi connectivity index (χ4v) is 3.38. The van der Waals surface area contributed by atoms with Crippen molar-refractivity contribution in [1.29, 1.82) is 0 Å². The largest absolute Gasteiger partial charge is 0.372 e. The molecule has 140 valence electrons. The van der Waals surface area contributed by atoms with Crippen LogP contribution in [0.1, 0.15) is 18.4 Å². The second-order valence-electron chi connectivity index (χ2n) is 6.85. The summed E-state index contributed by atoms with van der Waals surface area (Å²) >= 11 is 0. The Hall–Kier alpha value is -2.93. The highest BCUT2D eigenvalue weighted by molar-refractivity contribution is 5.92. The van der Waals surface area contributed by atoms with Crippen LogP contribution in [0.4, 0.5) is 10.5 Å². The minimum Gasteiger partial charge on any atom is -0.372 e. The van der Waals surface area contributed by atoms with Crippen molar-refractivity contribution in [2.75, 3.05) is 18.4 Å². The maximum absolute atomic E-state index is 12.7.